The molecule has 1 saturated heterocycles. The molecule has 6 nitrogen and oxygen atoms in total. The molecule has 28 heavy (non-hydrogen) atoms. The first-order chi connectivity index (χ1) is 13.3. The van der Waals surface area contributed by atoms with E-state index >= 15 is 4.39 Å². The van der Waals surface area contributed by atoms with Crippen molar-refractivity contribution in [1.82, 2.24) is 4.57 Å². The molecule has 2 aliphatic rings. The van der Waals surface area contributed by atoms with E-state index < -0.39 is 17.2 Å². The molecule has 2 aromatic rings. The number of rotatable bonds is 4. The maximum atomic E-state index is 15.2. The molecule has 0 spiro atoms. The number of pyridine rings is 1. The third kappa shape index (κ3) is 2.98. The van der Waals surface area contributed by atoms with Crippen LogP contribution < -0.4 is 16.1 Å². The van der Waals surface area contributed by atoms with Gasteiger partial charge >= 0.3 is 5.97 Å². The molecule has 1 aliphatic heterocycles. The van der Waals surface area contributed by atoms with Gasteiger partial charge in [0.05, 0.1) is 17.4 Å². The number of nitrogens with zero attached hydrogens (tertiary/aromatic N) is 2. The van der Waals surface area contributed by atoms with Crippen molar-refractivity contribution in [1.29, 1.82) is 0 Å². The number of aromatic carboxylic acids is 1. The lowest BCUT2D eigenvalue weighted by Gasteiger charge is -2.40. The number of carbonyl (C=O) groups is 1. The highest BCUT2D eigenvalue weighted by molar-refractivity contribution is 5.95. The van der Waals surface area contributed by atoms with Crippen molar-refractivity contribution < 1.29 is 14.3 Å². The second-order valence-corrected chi connectivity index (χ2v) is 8.11. The number of fused-ring (bicyclic) bond motifs is 1. The van der Waals surface area contributed by atoms with Crippen molar-refractivity contribution in [3.05, 3.63) is 39.4 Å². The molecule has 4 rings (SSSR count). The number of hydrogen-bond donors (Lipinski definition) is 2. The number of aryl methyl sites for hydroxylation is 1. The summed E-state index contributed by atoms with van der Waals surface area (Å²) in [6, 6.07) is 1.35. The Morgan fingerprint density at radius 3 is 2.64 bits per heavy atom. The minimum absolute atomic E-state index is 0.128. The Morgan fingerprint density at radius 2 is 2.04 bits per heavy atom. The molecule has 2 atom stereocenters. The Labute approximate surface area is 162 Å². The summed E-state index contributed by atoms with van der Waals surface area (Å²) in [4.78, 5) is 26.2. The van der Waals surface area contributed by atoms with Gasteiger partial charge in [0.15, 0.2) is 0 Å². The first-order valence-electron chi connectivity index (χ1n) is 9.96. The highest BCUT2D eigenvalue weighted by Crippen LogP contribution is 2.41. The molecular formula is C21H26FN3O3. The van der Waals surface area contributed by atoms with Crippen LogP contribution in [0.4, 0.5) is 10.1 Å². The molecule has 150 valence electrons. The fourth-order valence-electron chi connectivity index (χ4n) is 4.47. The van der Waals surface area contributed by atoms with Gasteiger partial charge in [-0.1, -0.05) is 13.3 Å². The van der Waals surface area contributed by atoms with Crippen molar-refractivity contribution in [2.75, 3.05) is 11.4 Å². The van der Waals surface area contributed by atoms with E-state index in [1.807, 2.05) is 16.4 Å². The summed E-state index contributed by atoms with van der Waals surface area (Å²) in [6.07, 6.45) is 5.82. The molecule has 2 fully saturated rings. The van der Waals surface area contributed by atoms with E-state index in [0.29, 0.717) is 29.2 Å². The highest BCUT2D eigenvalue weighted by atomic mass is 19.1. The highest BCUT2D eigenvalue weighted by Gasteiger charge is 2.32. The van der Waals surface area contributed by atoms with E-state index in [1.54, 1.807) is 0 Å². The molecule has 3 N–H and O–H groups in total. The van der Waals surface area contributed by atoms with Gasteiger partial charge in [-0.25, -0.2) is 9.18 Å². The van der Waals surface area contributed by atoms with Crippen molar-refractivity contribution in [3.63, 3.8) is 0 Å². The summed E-state index contributed by atoms with van der Waals surface area (Å²) in [5.74, 6) is -1.35. The van der Waals surface area contributed by atoms with Gasteiger partial charge < -0.3 is 20.3 Å². The largest absolute Gasteiger partial charge is 0.477 e. The summed E-state index contributed by atoms with van der Waals surface area (Å²) in [5.41, 5.74) is 7.10. The molecule has 0 bridgehead atoms. The van der Waals surface area contributed by atoms with Gasteiger partial charge in [-0.2, -0.15) is 0 Å². The number of anilines is 1. The van der Waals surface area contributed by atoms with Crippen LogP contribution in [0.2, 0.25) is 0 Å². The summed E-state index contributed by atoms with van der Waals surface area (Å²) in [7, 11) is 0. The lowest BCUT2D eigenvalue weighted by atomic mass is 9.92. The van der Waals surface area contributed by atoms with E-state index in [4.69, 9.17) is 5.73 Å². The van der Waals surface area contributed by atoms with E-state index in [2.05, 4.69) is 6.92 Å². The summed E-state index contributed by atoms with van der Waals surface area (Å²) >= 11 is 0. The number of benzene rings is 1. The van der Waals surface area contributed by atoms with Crippen molar-refractivity contribution in [2.24, 2.45) is 11.7 Å². The topological polar surface area (TPSA) is 88.6 Å². The van der Waals surface area contributed by atoms with Crippen LogP contribution in [0.5, 0.6) is 0 Å². The predicted molar refractivity (Wildman–Crippen MR) is 106 cm³/mol. The molecule has 0 radical (unpaired) electrons. The molecule has 2 heterocycles. The fourth-order valence-corrected chi connectivity index (χ4v) is 4.47. The number of piperidine rings is 1. The minimum atomic E-state index is -1.28. The van der Waals surface area contributed by atoms with Crippen molar-refractivity contribution in [3.8, 4) is 0 Å². The van der Waals surface area contributed by atoms with Gasteiger partial charge in [0.2, 0.25) is 5.43 Å². The maximum Gasteiger partial charge on any atom is 0.341 e. The Hall–Kier alpha value is -2.41. The van der Waals surface area contributed by atoms with Crippen LogP contribution >= 0.6 is 0 Å². The zero-order valence-corrected chi connectivity index (χ0v) is 16.2. The molecule has 0 amide bonds. The van der Waals surface area contributed by atoms with Crippen LogP contribution in [-0.4, -0.2) is 28.4 Å². The van der Waals surface area contributed by atoms with Gasteiger partial charge in [0.1, 0.15) is 11.4 Å². The van der Waals surface area contributed by atoms with Gasteiger partial charge in [0, 0.05) is 24.2 Å². The SMILES string of the molecule is CCC1CCC(N)N(c2c(F)cc3c(=O)c(C(=O)O)cn(C4CC4)c3c2C)C1. The second-order valence-electron chi connectivity index (χ2n) is 8.11. The molecule has 1 aliphatic carbocycles. The molecular weight excluding hydrogens is 361 g/mol. The average molecular weight is 387 g/mol. The zero-order chi connectivity index (χ0) is 20.2. The predicted octanol–water partition coefficient (Wildman–Crippen LogP) is 3.39. The van der Waals surface area contributed by atoms with Crippen LogP contribution in [-0.2, 0) is 0 Å². The monoisotopic (exact) mass is 387 g/mol. The van der Waals surface area contributed by atoms with Crippen LogP contribution in [0.25, 0.3) is 10.9 Å². The molecule has 1 saturated carbocycles. The smallest absolute Gasteiger partial charge is 0.341 e. The molecule has 1 aromatic carbocycles. The first kappa shape index (κ1) is 18.9. The van der Waals surface area contributed by atoms with E-state index in [-0.39, 0.29) is 23.2 Å². The quantitative estimate of drug-likeness (QED) is 0.839. The third-order valence-electron chi connectivity index (χ3n) is 6.24. The van der Waals surface area contributed by atoms with Crippen LogP contribution in [0, 0.1) is 18.7 Å². The van der Waals surface area contributed by atoms with Crippen LogP contribution in [0.1, 0.15) is 61.0 Å². The summed E-state index contributed by atoms with van der Waals surface area (Å²) in [6.45, 7) is 4.62. The van der Waals surface area contributed by atoms with Gasteiger partial charge in [-0.15, -0.1) is 0 Å². The Morgan fingerprint density at radius 1 is 1.32 bits per heavy atom. The van der Waals surface area contributed by atoms with Gasteiger partial charge in [-0.05, 0) is 50.2 Å². The van der Waals surface area contributed by atoms with Crippen molar-refractivity contribution in [2.45, 2.75) is 58.2 Å². The van der Waals surface area contributed by atoms with Gasteiger partial charge in [0.25, 0.3) is 0 Å². The van der Waals surface area contributed by atoms with Crippen molar-refractivity contribution >= 4 is 22.6 Å². The van der Waals surface area contributed by atoms with Crippen LogP contribution in [0.15, 0.2) is 17.1 Å². The minimum Gasteiger partial charge on any atom is -0.477 e. The number of aromatic nitrogens is 1. The van der Waals surface area contributed by atoms with E-state index in [1.165, 1.54) is 12.3 Å². The normalized spacial score (nSPS) is 22.6. The number of carboxylic acids is 1. The Kier molecular flexibility index (Phi) is 4.65. The number of hydrogen-bond acceptors (Lipinski definition) is 4. The molecule has 2 unspecified atom stereocenters. The fraction of sp³-hybridized carbons (Fsp3) is 0.524. The van der Waals surface area contributed by atoms with E-state index in [9.17, 15) is 14.7 Å². The maximum absolute atomic E-state index is 15.2. The second kappa shape index (κ2) is 6.88. The average Bonchev–Trinajstić information content (AvgIpc) is 3.48. The summed E-state index contributed by atoms with van der Waals surface area (Å²) in [5, 5.41) is 9.54. The lowest BCUT2D eigenvalue weighted by Crippen LogP contribution is -2.49. The van der Waals surface area contributed by atoms with Gasteiger partial charge in [-0.3, -0.25) is 4.79 Å². The first-order valence-corrected chi connectivity index (χ1v) is 9.96. The zero-order valence-electron chi connectivity index (χ0n) is 16.2. The standard InChI is InChI=1S/C21H26FN3O3/c1-3-12-4-7-17(23)25(9-12)19-11(2)18-14(8-16(19)22)20(26)15(21(27)28)10-24(18)13-5-6-13/h8,10,12-13,17H,3-7,9,23H2,1-2H3,(H,27,28). The Bertz CT molecular complexity index is 1010. The molecule has 7 heteroatoms. The van der Waals surface area contributed by atoms with Crippen LogP contribution in [0.3, 0.4) is 0 Å². The third-order valence-corrected chi connectivity index (χ3v) is 6.24. The number of carboxylic acid groups (broad SMARTS) is 1. The lowest BCUT2D eigenvalue weighted by molar-refractivity contribution is 0.0695. The number of halogens is 1. The Balaban J connectivity index is 1.97. The summed E-state index contributed by atoms with van der Waals surface area (Å²) < 4.78 is 17.1. The van der Waals surface area contributed by atoms with E-state index in [0.717, 1.165) is 32.1 Å². The number of nitrogens with two attached hydrogens (primary N) is 1. The molecule has 1 aromatic heterocycles.